The Hall–Kier alpha value is -1.21. The van der Waals surface area contributed by atoms with Gasteiger partial charge in [-0.15, -0.1) is 0 Å². The van der Waals surface area contributed by atoms with E-state index >= 15 is 0 Å². The van der Waals surface area contributed by atoms with Gasteiger partial charge in [-0.1, -0.05) is 17.7 Å². The highest BCUT2D eigenvalue weighted by atomic mass is 35.5. The third-order valence-electron chi connectivity index (χ3n) is 2.75. The zero-order chi connectivity index (χ0) is 9.54. The molecule has 2 aromatic rings. The SMILES string of the molecule is Clc1ccc2[nH]c3c(c2c1)CCC=C3. The number of aryl methyl sites for hydroxylation is 1. The van der Waals surface area contributed by atoms with Crippen LogP contribution in [-0.4, -0.2) is 4.98 Å². The van der Waals surface area contributed by atoms with E-state index in [2.05, 4.69) is 17.1 Å². The average Bonchev–Trinajstić information content (AvgIpc) is 2.56. The molecule has 1 aromatic heterocycles. The predicted molar refractivity (Wildman–Crippen MR) is 60.7 cm³/mol. The molecule has 0 amide bonds. The Bertz CT molecular complexity index is 522. The molecule has 0 radical (unpaired) electrons. The van der Waals surface area contributed by atoms with Crippen LogP contribution in [0.3, 0.4) is 0 Å². The summed E-state index contributed by atoms with van der Waals surface area (Å²) < 4.78 is 0. The van der Waals surface area contributed by atoms with E-state index in [1.165, 1.54) is 22.2 Å². The second-order valence-corrected chi connectivity index (χ2v) is 4.08. The summed E-state index contributed by atoms with van der Waals surface area (Å²) in [5, 5.41) is 2.09. The van der Waals surface area contributed by atoms with E-state index in [-0.39, 0.29) is 0 Å². The van der Waals surface area contributed by atoms with Crippen LogP contribution < -0.4 is 0 Å². The fourth-order valence-corrected chi connectivity index (χ4v) is 2.25. The highest BCUT2D eigenvalue weighted by Crippen LogP contribution is 2.29. The van der Waals surface area contributed by atoms with Crippen molar-refractivity contribution in [2.24, 2.45) is 0 Å². The van der Waals surface area contributed by atoms with E-state index in [1.807, 2.05) is 18.2 Å². The molecule has 70 valence electrons. The van der Waals surface area contributed by atoms with Gasteiger partial charge in [-0.3, -0.25) is 0 Å². The largest absolute Gasteiger partial charge is 0.355 e. The molecule has 1 nitrogen and oxygen atoms in total. The number of benzene rings is 1. The molecule has 1 N–H and O–H groups in total. The highest BCUT2D eigenvalue weighted by Gasteiger charge is 2.11. The Morgan fingerprint density at radius 2 is 2.21 bits per heavy atom. The molecule has 0 saturated heterocycles. The molecule has 0 saturated carbocycles. The monoisotopic (exact) mass is 203 g/mol. The van der Waals surface area contributed by atoms with E-state index in [9.17, 15) is 0 Å². The maximum atomic E-state index is 5.99. The highest BCUT2D eigenvalue weighted by molar-refractivity contribution is 6.31. The first kappa shape index (κ1) is 8.13. The van der Waals surface area contributed by atoms with Gasteiger partial charge in [0.05, 0.1) is 0 Å². The summed E-state index contributed by atoms with van der Waals surface area (Å²) in [6.07, 6.45) is 6.62. The van der Waals surface area contributed by atoms with Crippen LogP contribution in [-0.2, 0) is 6.42 Å². The fourth-order valence-electron chi connectivity index (χ4n) is 2.08. The maximum absolute atomic E-state index is 5.99. The van der Waals surface area contributed by atoms with Crippen molar-refractivity contribution in [3.05, 3.63) is 40.6 Å². The van der Waals surface area contributed by atoms with Gasteiger partial charge in [0.25, 0.3) is 0 Å². The summed E-state index contributed by atoms with van der Waals surface area (Å²) in [4.78, 5) is 3.40. The fraction of sp³-hybridized carbons (Fsp3) is 0.167. The van der Waals surface area contributed by atoms with Crippen molar-refractivity contribution < 1.29 is 0 Å². The van der Waals surface area contributed by atoms with Gasteiger partial charge in [-0.2, -0.15) is 0 Å². The lowest BCUT2D eigenvalue weighted by atomic mass is 10.0. The number of fused-ring (bicyclic) bond motifs is 3. The molecule has 0 aliphatic heterocycles. The summed E-state index contributed by atoms with van der Waals surface area (Å²) in [6.45, 7) is 0. The maximum Gasteiger partial charge on any atom is 0.0462 e. The van der Waals surface area contributed by atoms with E-state index in [0.717, 1.165) is 17.9 Å². The first-order valence-corrected chi connectivity index (χ1v) is 5.19. The van der Waals surface area contributed by atoms with Crippen LogP contribution in [0.2, 0.25) is 5.02 Å². The standard InChI is InChI=1S/C12H10ClN/c13-8-5-6-12-10(7-8)9-3-1-2-4-11(9)14-12/h2,4-7,14H,1,3H2. The summed E-state index contributed by atoms with van der Waals surface area (Å²) in [6, 6.07) is 6.02. The quantitative estimate of drug-likeness (QED) is 0.671. The number of allylic oxidation sites excluding steroid dienone is 1. The molecule has 1 aromatic carbocycles. The minimum atomic E-state index is 0.814. The van der Waals surface area contributed by atoms with Gasteiger partial charge >= 0.3 is 0 Å². The first-order chi connectivity index (χ1) is 6.84. The lowest BCUT2D eigenvalue weighted by molar-refractivity contribution is 0.992. The van der Waals surface area contributed by atoms with Gasteiger partial charge in [-0.25, -0.2) is 0 Å². The summed E-state index contributed by atoms with van der Waals surface area (Å²) in [5.74, 6) is 0. The van der Waals surface area contributed by atoms with Crippen LogP contribution in [0.5, 0.6) is 0 Å². The normalized spacial score (nSPS) is 14.6. The third-order valence-corrected chi connectivity index (χ3v) is 2.98. The minimum absolute atomic E-state index is 0.814. The van der Waals surface area contributed by atoms with Crippen molar-refractivity contribution in [1.82, 2.24) is 4.98 Å². The van der Waals surface area contributed by atoms with E-state index in [1.54, 1.807) is 0 Å². The second kappa shape index (κ2) is 2.89. The van der Waals surface area contributed by atoms with Gasteiger partial charge in [0.2, 0.25) is 0 Å². The van der Waals surface area contributed by atoms with Gasteiger partial charge in [0, 0.05) is 21.6 Å². The topological polar surface area (TPSA) is 15.8 Å². The number of rotatable bonds is 0. The lowest BCUT2D eigenvalue weighted by Crippen LogP contribution is -1.90. The van der Waals surface area contributed by atoms with Gasteiger partial charge < -0.3 is 4.98 Å². The molecule has 1 heterocycles. The smallest absolute Gasteiger partial charge is 0.0462 e. The molecule has 2 heteroatoms. The van der Waals surface area contributed by atoms with Crippen LogP contribution in [0.15, 0.2) is 24.3 Å². The van der Waals surface area contributed by atoms with Crippen molar-refractivity contribution in [1.29, 1.82) is 0 Å². The Kier molecular flexibility index (Phi) is 1.68. The zero-order valence-electron chi connectivity index (χ0n) is 7.68. The van der Waals surface area contributed by atoms with Crippen molar-refractivity contribution >= 4 is 28.6 Å². The van der Waals surface area contributed by atoms with Crippen LogP contribution in [0.1, 0.15) is 17.7 Å². The second-order valence-electron chi connectivity index (χ2n) is 3.65. The van der Waals surface area contributed by atoms with Gasteiger partial charge in [0.1, 0.15) is 0 Å². The molecule has 0 unspecified atom stereocenters. The summed E-state index contributed by atoms with van der Waals surface area (Å²) >= 11 is 5.99. The molecule has 0 fully saturated rings. The molecular weight excluding hydrogens is 194 g/mol. The van der Waals surface area contributed by atoms with Crippen molar-refractivity contribution in [2.75, 3.05) is 0 Å². The van der Waals surface area contributed by atoms with E-state index < -0.39 is 0 Å². The van der Waals surface area contributed by atoms with Gasteiger partial charge in [-0.05, 0) is 42.7 Å². The molecule has 3 rings (SSSR count). The predicted octanol–water partition coefficient (Wildman–Crippen LogP) is 3.78. The third kappa shape index (κ3) is 1.09. The number of hydrogen-bond acceptors (Lipinski definition) is 0. The molecule has 0 spiro atoms. The number of nitrogens with one attached hydrogen (secondary N) is 1. The van der Waals surface area contributed by atoms with Crippen LogP contribution in [0.4, 0.5) is 0 Å². The Morgan fingerprint density at radius 3 is 3.14 bits per heavy atom. The number of aromatic amines is 1. The van der Waals surface area contributed by atoms with Gasteiger partial charge in [0.15, 0.2) is 0 Å². The number of H-pyrrole nitrogens is 1. The van der Waals surface area contributed by atoms with Crippen LogP contribution in [0, 0.1) is 0 Å². The van der Waals surface area contributed by atoms with Crippen molar-refractivity contribution in [3.63, 3.8) is 0 Å². The van der Waals surface area contributed by atoms with E-state index in [0.29, 0.717) is 0 Å². The average molecular weight is 204 g/mol. The first-order valence-electron chi connectivity index (χ1n) is 4.81. The molecule has 1 aliphatic rings. The summed E-state index contributed by atoms with van der Waals surface area (Å²) in [7, 11) is 0. The Balaban J connectivity index is 2.39. The molecule has 14 heavy (non-hydrogen) atoms. The van der Waals surface area contributed by atoms with Crippen molar-refractivity contribution in [2.45, 2.75) is 12.8 Å². The minimum Gasteiger partial charge on any atom is -0.355 e. The van der Waals surface area contributed by atoms with Crippen LogP contribution >= 0.6 is 11.6 Å². The number of halogens is 1. The molecule has 0 bridgehead atoms. The number of hydrogen-bond donors (Lipinski definition) is 1. The lowest BCUT2D eigenvalue weighted by Gasteiger charge is -2.03. The molecule has 0 atom stereocenters. The number of aromatic nitrogens is 1. The molecule has 1 aliphatic carbocycles. The Labute approximate surface area is 87.4 Å². The Morgan fingerprint density at radius 1 is 1.29 bits per heavy atom. The summed E-state index contributed by atoms with van der Waals surface area (Å²) in [5.41, 5.74) is 3.84. The van der Waals surface area contributed by atoms with Crippen molar-refractivity contribution in [3.8, 4) is 0 Å². The molecular formula is C12H10ClN. The zero-order valence-corrected chi connectivity index (χ0v) is 8.43. The van der Waals surface area contributed by atoms with E-state index in [4.69, 9.17) is 11.6 Å². The van der Waals surface area contributed by atoms with Crippen LogP contribution in [0.25, 0.3) is 17.0 Å².